The molecular weight excluding hydrogens is 264 g/mol. The lowest BCUT2D eigenvalue weighted by Crippen LogP contribution is -2.44. The standard InChI is InChI=1S/C17H20N2O2/c1-17(2)13-7-6-11(10-18)9-12(13)15(16(17)21)19-8-4-3-5-14(19)20/h6-7,9,15-16,21H,3-5,8H2,1-2H3/t15-,16+/m1/s1. The van der Waals surface area contributed by atoms with Crippen LogP contribution in [-0.2, 0) is 10.2 Å². The summed E-state index contributed by atoms with van der Waals surface area (Å²) in [6.07, 6.45) is 1.81. The molecule has 1 saturated heterocycles. The Labute approximate surface area is 125 Å². The molecule has 1 amide bonds. The summed E-state index contributed by atoms with van der Waals surface area (Å²) < 4.78 is 0. The SMILES string of the molecule is CC1(C)c2ccc(C#N)cc2[C@@H](N2CCCCC2=O)[C@@H]1O. The molecule has 3 rings (SSSR count). The second-order valence-electron chi connectivity index (χ2n) is 6.57. The van der Waals surface area contributed by atoms with Gasteiger partial charge in [-0.3, -0.25) is 4.79 Å². The maximum Gasteiger partial charge on any atom is 0.223 e. The van der Waals surface area contributed by atoms with Crippen LogP contribution in [0.1, 0.15) is 55.8 Å². The Bertz CT molecular complexity index is 630. The molecule has 0 bridgehead atoms. The molecule has 0 radical (unpaired) electrons. The maximum absolute atomic E-state index is 12.3. The molecule has 1 aliphatic heterocycles. The van der Waals surface area contributed by atoms with Crippen LogP contribution < -0.4 is 0 Å². The second kappa shape index (κ2) is 4.85. The zero-order valence-corrected chi connectivity index (χ0v) is 12.5. The van der Waals surface area contributed by atoms with Gasteiger partial charge in [0.2, 0.25) is 5.91 Å². The van der Waals surface area contributed by atoms with E-state index < -0.39 is 11.5 Å². The fourth-order valence-electron chi connectivity index (χ4n) is 3.65. The molecule has 1 fully saturated rings. The summed E-state index contributed by atoms with van der Waals surface area (Å²) in [4.78, 5) is 14.1. The van der Waals surface area contributed by atoms with Gasteiger partial charge in [-0.15, -0.1) is 0 Å². The number of carbonyl (C=O) groups excluding carboxylic acids is 1. The fourth-order valence-corrected chi connectivity index (χ4v) is 3.65. The molecule has 1 N–H and O–H groups in total. The third-order valence-corrected chi connectivity index (χ3v) is 4.93. The van der Waals surface area contributed by atoms with Gasteiger partial charge in [0, 0.05) is 18.4 Å². The van der Waals surface area contributed by atoms with E-state index in [2.05, 4.69) is 6.07 Å². The monoisotopic (exact) mass is 284 g/mol. The fraction of sp³-hybridized carbons (Fsp3) is 0.529. The van der Waals surface area contributed by atoms with Crippen molar-refractivity contribution in [2.45, 2.75) is 50.7 Å². The van der Waals surface area contributed by atoms with Crippen molar-refractivity contribution in [3.05, 3.63) is 34.9 Å². The van der Waals surface area contributed by atoms with Gasteiger partial charge in [-0.25, -0.2) is 0 Å². The van der Waals surface area contributed by atoms with E-state index in [9.17, 15) is 9.90 Å². The Kier molecular flexibility index (Phi) is 3.26. The molecule has 4 nitrogen and oxygen atoms in total. The Morgan fingerprint density at radius 3 is 2.81 bits per heavy atom. The number of piperidine rings is 1. The quantitative estimate of drug-likeness (QED) is 0.860. The average Bonchev–Trinajstić information content (AvgIpc) is 2.67. The molecule has 0 spiro atoms. The first-order valence-electron chi connectivity index (χ1n) is 7.49. The number of benzene rings is 1. The number of fused-ring (bicyclic) bond motifs is 1. The van der Waals surface area contributed by atoms with Gasteiger partial charge in [0.05, 0.1) is 23.8 Å². The van der Waals surface area contributed by atoms with Gasteiger partial charge >= 0.3 is 0 Å². The number of rotatable bonds is 1. The lowest BCUT2D eigenvalue weighted by molar-refractivity contribution is -0.139. The van der Waals surface area contributed by atoms with Crippen molar-refractivity contribution in [1.82, 2.24) is 4.90 Å². The van der Waals surface area contributed by atoms with Crippen molar-refractivity contribution in [1.29, 1.82) is 5.26 Å². The van der Waals surface area contributed by atoms with E-state index >= 15 is 0 Å². The summed E-state index contributed by atoms with van der Waals surface area (Å²) in [6, 6.07) is 7.37. The molecular formula is C17H20N2O2. The average molecular weight is 284 g/mol. The van der Waals surface area contributed by atoms with Crippen molar-refractivity contribution in [3.63, 3.8) is 0 Å². The molecule has 0 aromatic heterocycles. The predicted octanol–water partition coefficient (Wildman–Crippen LogP) is 2.26. The number of aliphatic hydroxyl groups excluding tert-OH is 1. The first kappa shape index (κ1) is 14.1. The van der Waals surface area contributed by atoms with Crippen LogP contribution in [0.3, 0.4) is 0 Å². The third kappa shape index (κ3) is 2.04. The molecule has 21 heavy (non-hydrogen) atoms. The summed E-state index contributed by atoms with van der Waals surface area (Å²) in [7, 11) is 0. The van der Waals surface area contributed by atoms with Crippen LogP contribution in [0.5, 0.6) is 0 Å². The highest BCUT2D eigenvalue weighted by Gasteiger charge is 2.49. The van der Waals surface area contributed by atoms with Crippen molar-refractivity contribution < 1.29 is 9.90 Å². The summed E-state index contributed by atoms with van der Waals surface area (Å²) in [5.41, 5.74) is 2.14. The summed E-state index contributed by atoms with van der Waals surface area (Å²) in [5, 5.41) is 19.9. The lowest BCUT2D eigenvalue weighted by Gasteiger charge is -2.37. The molecule has 1 aromatic carbocycles. The normalized spacial score (nSPS) is 27.3. The van der Waals surface area contributed by atoms with Gasteiger partial charge in [-0.05, 0) is 36.1 Å². The van der Waals surface area contributed by atoms with Gasteiger partial charge in [0.25, 0.3) is 0 Å². The minimum Gasteiger partial charge on any atom is -0.390 e. The van der Waals surface area contributed by atoms with E-state index in [4.69, 9.17) is 5.26 Å². The van der Waals surface area contributed by atoms with E-state index in [1.165, 1.54) is 0 Å². The minimum absolute atomic E-state index is 0.108. The predicted molar refractivity (Wildman–Crippen MR) is 78.5 cm³/mol. The molecule has 0 unspecified atom stereocenters. The van der Waals surface area contributed by atoms with Gasteiger partial charge in [0.1, 0.15) is 0 Å². The first-order valence-corrected chi connectivity index (χ1v) is 7.49. The molecule has 2 atom stereocenters. The van der Waals surface area contributed by atoms with Gasteiger partial charge in [0.15, 0.2) is 0 Å². The summed E-state index contributed by atoms with van der Waals surface area (Å²) >= 11 is 0. The topological polar surface area (TPSA) is 64.3 Å². The number of aliphatic hydroxyl groups is 1. The molecule has 110 valence electrons. The highest BCUT2D eigenvalue weighted by atomic mass is 16.3. The molecule has 1 aliphatic carbocycles. The van der Waals surface area contributed by atoms with E-state index in [1.807, 2.05) is 30.9 Å². The second-order valence-corrected chi connectivity index (χ2v) is 6.57. The Morgan fingerprint density at radius 2 is 2.14 bits per heavy atom. The van der Waals surface area contributed by atoms with E-state index in [0.717, 1.165) is 24.0 Å². The van der Waals surface area contributed by atoms with E-state index in [-0.39, 0.29) is 11.9 Å². The Hall–Kier alpha value is -1.86. The van der Waals surface area contributed by atoms with Crippen LogP contribution in [0.15, 0.2) is 18.2 Å². The van der Waals surface area contributed by atoms with Gasteiger partial charge in [-0.1, -0.05) is 19.9 Å². The van der Waals surface area contributed by atoms with Crippen LogP contribution in [0.2, 0.25) is 0 Å². The summed E-state index contributed by atoms with van der Waals surface area (Å²) in [5.74, 6) is 0.108. The molecule has 0 saturated carbocycles. The number of carbonyl (C=O) groups is 1. The zero-order chi connectivity index (χ0) is 15.2. The molecule has 2 aliphatic rings. The van der Waals surface area contributed by atoms with Gasteiger partial charge in [-0.2, -0.15) is 5.26 Å². The largest absolute Gasteiger partial charge is 0.390 e. The molecule has 4 heteroatoms. The maximum atomic E-state index is 12.3. The van der Waals surface area contributed by atoms with Crippen molar-refractivity contribution in [2.24, 2.45) is 0 Å². The third-order valence-electron chi connectivity index (χ3n) is 4.93. The number of likely N-dealkylation sites (tertiary alicyclic amines) is 1. The number of hydrogen-bond donors (Lipinski definition) is 1. The lowest BCUT2D eigenvalue weighted by atomic mass is 9.84. The number of nitriles is 1. The zero-order valence-electron chi connectivity index (χ0n) is 12.5. The van der Waals surface area contributed by atoms with Crippen molar-refractivity contribution in [3.8, 4) is 6.07 Å². The summed E-state index contributed by atoms with van der Waals surface area (Å²) in [6.45, 7) is 4.68. The minimum atomic E-state index is -0.636. The smallest absolute Gasteiger partial charge is 0.223 e. The number of amides is 1. The van der Waals surface area contributed by atoms with E-state index in [0.29, 0.717) is 18.5 Å². The first-order chi connectivity index (χ1) is 9.96. The highest BCUT2D eigenvalue weighted by Crippen LogP contribution is 2.48. The Balaban J connectivity index is 2.10. The van der Waals surface area contributed by atoms with Crippen LogP contribution in [0, 0.1) is 11.3 Å². The van der Waals surface area contributed by atoms with Crippen LogP contribution >= 0.6 is 0 Å². The van der Waals surface area contributed by atoms with Gasteiger partial charge < -0.3 is 10.0 Å². The van der Waals surface area contributed by atoms with Crippen LogP contribution in [0.25, 0.3) is 0 Å². The van der Waals surface area contributed by atoms with Crippen LogP contribution in [0.4, 0.5) is 0 Å². The van der Waals surface area contributed by atoms with Crippen molar-refractivity contribution >= 4 is 5.91 Å². The van der Waals surface area contributed by atoms with E-state index in [1.54, 1.807) is 6.07 Å². The van der Waals surface area contributed by atoms with Crippen LogP contribution in [-0.4, -0.2) is 28.6 Å². The number of hydrogen-bond acceptors (Lipinski definition) is 3. The molecule has 1 aromatic rings. The molecule has 1 heterocycles. The number of nitrogens with zero attached hydrogens (tertiary/aromatic N) is 2. The van der Waals surface area contributed by atoms with Crippen molar-refractivity contribution in [2.75, 3.05) is 6.54 Å². The highest BCUT2D eigenvalue weighted by molar-refractivity contribution is 5.78. The Morgan fingerprint density at radius 1 is 1.38 bits per heavy atom.